The molecule has 0 bridgehead atoms. The zero-order chi connectivity index (χ0) is 21.2. The summed E-state index contributed by atoms with van der Waals surface area (Å²) < 4.78 is 1.67. The molecule has 26 heavy (non-hydrogen) atoms. The molecule has 0 aromatic rings. The topological polar surface area (TPSA) is 69.2 Å². The number of rotatable bonds is 6. The van der Waals surface area contributed by atoms with E-state index in [0.717, 1.165) is 0 Å². The van der Waals surface area contributed by atoms with Gasteiger partial charge in [-0.15, -0.1) is 39.6 Å². The second-order valence-corrected chi connectivity index (χ2v) is 8.02. The predicted molar refractivity (Wildman–Crippen MR) is 104 cm³/mol. The summed E-state index contributed by atoms with van der Waals surface area (Å²) in [6, 6.07) is 0. The quantitative estimate of drug-likeness (QED) is 0.395. The zero-order valence-corrected chi connectivity index (χ0v) is 20.9. The van der Waals surface area contributed by atoms with Crippen molar-refractivity contribution in [1.29, 1.82) is 0 Å². The third kappa shape index (κ3) is 13.6. The standard InChI is InChI=1S/C10H15.3C4H7O.Hf/c1-7-6-10(4,5)9(3)8(7)2;3*1-2-3-4-5;/h1-5H3;3*2H,1,3-4H2;/q;3*-1;+3. The molecule has 0 fully saturated rings. The molecule has 0 aromatic carbocycles. The van der Waals surface area contributed by atoms with E-state index in [4.69, 9.17) is 0 Å². The summed E-state index contributed by atoms with van der Waals surface area (Å²) in [6.45, 7) is 21.4. The molecular formula is C22H36HfO3. The third-order valence-electron chi connectivity index (χ3n) is 4.03. The fourth-order valence-corrected chi connectivity index (χ4v) is 3.19. The van der Waals surface area contributed by atoms with E-state index in [1.54, 1.807) is 32.7 Å². The second-order valence-electron chi connectivity index (χ2n) is 6.22. The summed E-state index contributed by atoms with van der Waals surface area (Å²) in [6.07, 6.45) is 6.65. The second kappa shape index (κ2) is 19.2. The first-order chi connectivity index (χ1) is 12.1. The first kappa shape index (κ1) is 30.2. The molecule has 0 radical (unpaired) electrons. The van der Waals surface area contributed by atoms with E-state index in [9.17, 15) is 15.3 Å². The van der Waals surface area contributed by atoms with Crippen molar-refractivity contribution < 1.29 is 39.7 Å². The Morgan fingerprint density at radius 3 is 1.12 bits per heavy atom. The van der Waals surface area contributed by atoms with E-state index in [-0.39, 0.29) is 19.8 Å². The molecule has 0 saturated carbocycles. The van der Waals surface area contributed by atoms with Crippen molar-refractivity contribution >= 4 is 0 Å². The Morgan fingerprint density at radius 1 is 0.769 bits per heavy atom. The van der Waals surface area contributed by atoms with Crippen LogP contribution < -0.4 is 15.3 Å². The number of allylic oxidation sites excluding steroid dienone is 4. The van der Waals surface area contributed by atoms with Gasteiger partial charge in [-0.1, -0.05) is 37.5 Å². The van der Waals surface area contributed by atoms with Crippen LogP contribution in [0.4, 0.5) is 0 Å². The van der Waals surface area contributed by atoms with Crippen molar-refractivity contribution in [2.75, 3.05) is 19.8 Å². The molecule has 0 amide bonds. The van der Waals surface area contributed by atoms with Crippen LogP contribution in [0.1, 0.15) is 53.9 Å². The van der Waals surface area contributed by atoms with Crippen LogP contribution in [0, 0.1) is 5.41 Å². The van der Waals surface area contributed by atoms with Crippen molar-refractivity contribution in [2.45, 2.75) is 53.9 Å². The zero-order valence-electron chi connectivity index (χ0n) is 17.3. The van der Waals surface area contributed by atoms with Gasteiger partial charge in [0.05, 0.1) is 0 Å². The molecule has 0 unspecified atom stereocenters. The molecule has 3 nitrogen and oxygen atoms in total. The van der Waals surface area contributed by atoms with Crippen LogP contribution in [0.2, 0.25) is 0 Å². The first-order valence-corrected chi connectivity index (χ1v) is 10.6. The van der Waals surface area contributed by atoms with Crippen LogP contribution in [-0.4, -0.2) is 19.8 Å². The van der Waals surface area contributed by atoms with Crippen LogP contribution in [-0.2, 0) is 24.4 Å². The van der Waals surface area contributed by atoms with Crippen LogP contribution in [0.5, 0.6) is 0 Å². The van der Waals surface area contributed by atoms with Crippen molar-refractivity contribution in [2.24, 2.45) is 5.41 Å². The normalized spacial score (nSPS) is 14.2. The van der Waals surface area contributed by atoms with Crippen molar-refractivity contribution in [1.82, 2.24) is 0 Å². The van der Waals surface area contributed by atoms with Gasteiger partial charge in [-0.2, -0.15) is 0 Å². The summed E-state index contributed by atoms with van der Waals surface area (Å²) in [7, 11) is 0. The van der Waals surface area contributed by atoms with Gasteiger partial charge in [0.25, 0.3) is 0 Å². The maximum atomic E-state index is 9.46. The Bertz CT molecular complexity index is 410. The summed E-state index contributed by atoms with van der Waals surface area (Å²) in [5.74, 6) is 0. The Kier molecular flexibility index (Phi) is 22.3. The van der Waals surface area contributed by atoms with Gasteiger partial charge in [-0.25, -0.2) is 0 Å². The summed E-state index contributed by atoms with van der Waals surface area (Å²) in [4.78, 5) is 0. The molecule has 0 N–H and O–H groups in total. The third-order valence-corrected chi connectivity index (χ3v) is 7.62. The maximum absolute atomic E-state index is 9.46. The Balaban J connectivity index is -0.000000300. The SMILES string of the molecule is C=CCC[O-].C=CCC[O-].C=CCC[O-].CC1=C(C)C(C)(C)[C]([Hf+3])=C1C. The average Bonchev–Trinajstić information content (AvgIpc) is 2.74. The van der Waals surface area contributed by atoms with Crippen LogP contribution >= 0.6 is 0 Å². The molecule has 0 aliphatic heterocycles. The Morgan fingerprint density at radius 2 is 1.08 bits per heavy atom. The van der Waals surface area contributed by atoms with Crippen molar-refractivity contribution in [3.05, 3.63) is 58.0 Å². The molecule has 1 aliphatic rings. The van der Waals surface area contributed by atoms with E-state index < -0.39 is 0 Å². The monoisotopic (exact) mass is 528 g/mol. The van der Waals surface area contributed by atoms with Crippen LogP contribution in [0.25, 0.3) is 0 Å². The minimum absolute atomic E-state index is 0.0243. The molecule has 1 aliphatic carbocycles. The van der Waals surface area contributed by atoms with Gasteiger partial charge in [-0.05, 0) is 0 Å². The van der Waals surface area contributed by atoms with Crippen molar-refractivity contribution in [3.8, 4) is 0 Å². The average molecular weight is 527 g/mol. The van der Waals surface area contributed by atoms with Gasteiger partial charge in [0, 0.05) is 0 Å². The van der Waals surface area contributed by atoms with E-state index in [2.05, 4.69) is 54.4 Å². The van der Waals surface area contributed by atoms with Gasteiger partial charge in [-0.3, -0.25) is 0 Å². The molecule has 1 rings (SSSR count). The van der Waals surface area contributed by atoms with E-state index in [1.807, 2.05) is 0 Å². The van der Waals surface area contributed by atoms with E-state index >= 15 is 0 Å². The Labute approximate surface area is 176 Å². The fraction of sp³-hybridized carbons (Fsp3) is 0.545. The predicted octanol–water partition coefficient (Wildman–Crippen LogP) is 2.95. The first-order valence-electron chi connectivity index (χ1n) is 8.82. The van der Waals surface area contributed by atoms with E-state index in [0.29, 0.717) is 24.7 Å². The molecule has 0 heterocycles. The summed E-state index contributed by atoms with van der Waals surface area (Å²) >= 11 is 1.21. The van der Waals surface area contributed by atoms with Gasteiger partial charge in [0.1, 0.15) is 0 Å². The molecule has 146 valence electrons. The van der Waals surface area contributed by atoms with Crippen LogP contribution in [0.3, 0.4) is 0 Å². The molecule has 0 atom stereocenters. The summed E-state index contributed by atoms with van der Waals surface area (Å²) in [5, 5.41) is 28.4. The van der Waals surface area contributed by atoms with Crippen molar-refractivity contribution in [3.63, 3.8) is 0 Å². The fourth-order valence-electron chi connectivity index (χ4n) is 1.84. The van der Waals surface area contributed by atoms with Gasteiger partial charge < -0.3 is 15.3 Å². The van der Waals surface area contributed by atoms with Gasteiger partial charge in [0.15, 0.2) is 0 Å². The van der Waals surface area contributed by atoms with Gasteiger partial charge in [0.2, 0.25) is 0 Å². The van der Waals surface area contributed by atoms with Gasteiger partial charge >= 0.3 is 84.5 Å². The van der Waals surface area contributed by atoms with E-state index in [1.165, 1.54) is 29.9 Å². The Hall–Kier alpha value is -0.550. The molecule has 0 saturated heterocycles. The molecular weight excluding hydrogens is 491 g/mol. The number of hydrogen-bond donors (Lipinski definition) is 0. The summed E-state index contributed by atoms with van der Waals surface area (Å²) in [5.41, 5.74) is 5.03. The molecule has 0 spiro atoms. The van der Waals surface area contributed by atoms with Crippen LogP contribution in [0.15, 0.2) is 58.0 Å². The molecule has 0 aromatic heterocycles. The minimum atomic E-state index is -0.0243. The molecule has 4 heteroatoms. The number of hydrogen-bond acceptors (Lipinski definition) is 3.